The third-order valence-corrected chi connectivity index (χ3v) is 4.55. The van der Waals surface area contributed by atoms with Crippen LogP contribution in [0, 0.1) is 17.7 Å². The molecule has 1 saturated heterocycles. The zero-order valence-corrected chi connectivity index (χ0v) is 10.9. The van der Waals surface area contributed by atoms with Gasteiger partial charge in [-0.2, -0.15) is 0 Å². The van der Waals surface area contributed by atoms with Crippen molar-refractivity contribution >= 4 is 5.69 Å². The van der Waals surface area contributed by atoms with E-state index in [1.54, 1.807) is 6.07 Å². The van der Waals surface area contributed by atoms with E-state index in [1.807, 2.05) is 13.0 Å². The summed E-state index contributed by atoms with van der Waals surface area (Å²) in [6.45, 7) is 4.01. The van der Waals surface area contributed by atoms with Crippen LogP contribution < -0.4 is 10.6 Å². The van der Waals surface area contributed by atoms with E-state index < -0.39 is 0 Å². The molecule has 0 spiro atoms. The second-order valence-electron chi connectivity index (χ2n) is 5.82. The van der Waals surface area contributed by atoms with Crippen LogP contribution in [0.3, 0.4) is 0 Å². The average Bonchev–Trinajstić information content (AvgIpc) is 2.87. The van der Waals surface area contributed by atoms with Crippen molar-refractivity contribution in [3.63, 3.8) is 0 Å². The van der Waals surface area contributed by atoms with Crippen LogP contribution in [0.2, 0.25) is 0 Å². The van der Waals surface area contributed by atoms with Gasteiger partial charge in [0.1, 0.15) is 5.82 Å². The largest absolute Gasteiger partial charge is 0.371 e. The average molecular weight is 248 g/mol. The van der Waals surface area contributed by atoms with E-state index in [4.69, 9.17) is 5.73 Å². The van der Waals surface area contributed by atoms with Gasteiger partial charge in [0, 0.05) is 30.4 Å². The van der Waals surface area contributed by atoms with Crippen molar-refractivity contribution < 1.29 is 4.39 Å². The van der Waals surface area contributed by atoms with E-state index in [-0.39, 0.29) is 11.9 Å². The first-order valence-corrected chi connectivity index (χ1v) is 6.95. The summed E-state index contributed by atoms with van der Waals surface area (Å²) in [6.07, 6.45) is 4.04. The molecule has 3 unspecified atom stereocenters. The summed E-state index contributed by atoms with van der Waals surface area (Å²) in [5.74, 6) is 1.46. The van der Waals surface area contributed by atoms with Gasteiger partial charge in [0.2, 0.25) is 0 Å². The zero-order valence-electron chi connectivity index (χ0n) is 10.9. The molecule has 1 heterocycles. The van der Waals surface area contributed by atoms with Crippen molar-refractivity contribution in [2.75, 3.05) is 18.0 Å². The molecule has 0 aromatic heterocycles. The van der Waals surface area contributed by atoms with Crippen molar-refractivity contribution in [3.8, 4) is 0 Å². The Hall–Kier alpha value is -1.09. The fourth-order valence-corrected chi connectivity index (χ4v) is 3.68. The number of hydrogen-bond donors (Lipinski definition) is 1. The molecule has 0 radical (unpaired) electrons. The van der Waals surface area contributed by atoms with Crippen molar-refractivity contribution in [2.45, 2.75) is 32.2 Å². The van der Waals surface area contributed by atoms with E-state index in [2.05, 4.69) is 4.90 Å². The molecule has 1 aliphatic heterocycles. The molecule has 3 heteroatoms. The SMILES string of the molecule is CC(N)c1c(F)cccc1N1CC2CCCC2C1. The lowest BCUT2D eigenvalue weighted by molar-refractivity contribution is 0.494. The van der Waals surface area contributed by atoms with Crippen LogP contribution in [-0.2, 0) is 0 Å². The van der Waals surface area contributed by atoms with E-state index in [9.17, 15) is 4.39 Å². The maximum atomic E-state index is 13.9. The summed E-state index contributed by atoms with van der Waals surface area (Å²) >= 11 is 0. The topological polar surface area (TPSA) is 29.3 Å². The third-order valence-electron chi connectivity index (χ3n) is 4.55. The van der Waals surface area contributed by atoms with Gasteiger partial charge in [0.25, 0.3) is 0 Å². The number of anilines is 1. The first kappa shape index (κ1) is 12.0. The molecular formula is C15H21FN2. The second kappa shape index (κ2) is 4.54. The highest BCUT2D eigenvalue weighted by molar-refractivity contribution is 5.56. The van der Waals surface area contributed by atoms with Crippen LogP contribution in [0.25, 0.3) is 0 Å². The Labute approximate surface area is 108 Å². The van der Waals surface area contributed by atoms with Crippen LogP contribution in [0.15, 0.2) is 18.2 Å². The van der Waals surface area contributed by atoms with E-state index >= 15 is 0 Å². The Bertz CT molecular complexity index is 432. The van der Waals surface area contributed by atoms with Crippen LogP contribution in [0.1, 0.15) is 37.8 Å². The fraction of sp³-hybridized carbons (Fsp3) is 0.600. The minimum atomic E-state index is -0.248. The fourth-order valence-electron chi connectivity index (χ4n) is 3.68. The van der Waals surface area contributed by atoms with Gasteiger partial charge < -0.3 is 10.6 Å². The summed E-state index contributed by atoms with van der Waals surface area (Å²) in [5.41, 5.74) is 7.62. The molecule has 3 rings (SSSR count). The van der Waals surface area contributed by atoms with Crippen molar-refractivity contribution in [2.24, 2.45) is 17.6 Å². The van der Waals surface area contributed by atoms with Gasteiger partial charge in [-0.25, -0.2) is 4.39 Å². The Morgan fingerprint density at radius 1 is 1.28 bits per heavy atom. The molecule has 0 bridgehead atoms. The number of nitrogens with two attached hydrogens (primary N) is 1. The molecule has 18 heavy (non-hydrogen) atoms. The summed E-state index contributed by atoms with van der Waals surface area (Å²) in [4.78, 5) is 2.34. The smallest absolute Gasteiger partial charge is 0.130 e. The number of rotatable bonds is 2. The van der Waals surface area contributed by atoms with Crippen LogP contribution in [0.5, 0.6) is 0 Å². The Kier molecular flexibility index (Phi) is 3.02. The summed E-state index contributed by atoms with van der Waals surface area (Å²) in [7, 11) is 0. The molecular weight excluding hydrogens is 227 g/mol. The lowest BCUT2D eigenvalue weighted by Gasteiger charge is -2.24. The lowest BCUT2D eigenvalue weighted by Crippen LogP contribution is -2.24. The molecule has 1 saturated carbocycles. The van der Waals surface area contributed by atoms with Gasteiger partial charge in [0.05, 0.1) is 0 Å². The van der Waals surface area contributed by atoms with Crippen LogP contribution in [-0.4, -0.2) is 13.1 Å². The summed E-state index contributed by atoms with van der Waals surface area (Å²) < 4.78 is 13.9. The van der Waals surface area contributed by atoms with Gasteiger partial charge >= 0.3 is 0 Å². The summed E-state index contributed by atoms with van der Waals surface area (Å²) in [5, 5.41) is 0. The van der Waals surface area contributed by atoms with Crippen molar-refractivity contribution in [3.05, 3.63) is 29.6 Å². The maximum absolute atomic E-state index is 13.9. The zero-order chi connectivity index (χ0) is 12.7. The van der Waals surface area contributed by atoms with Gasteiger partial charge in [-0.3, -0.25) is 0 Å². The first-order chi connectivity index (χ1) is 8.66. The maximum Gasteiger partial charge on any atom is 0.130 e. The molecule has 2 fully saturated rings. The van der Waals surface area contributed by atoms with Gasteiger partial charge in [-0.1, -0.05) is 12.5 Å². The standard InChI is InChI=1S/C15H21FN2/c1-10(17)15-13(16)6-3-7-14(15)18-8-11-4-2-5-12(11)9-18/h3,6-7,10-12H,2,4-5,8-9,17H2,1H3. The Morgan fingerprint density at radius 3 is 2.56 bits per heavy atom. The predicted molar refractivity (Wildman–Crippen MR) is 72.0 cm³/mol. The molecule has 2 N–H and O–H groups in total. The molecule has 2 nitrogen and oxygen atoms in total. The van der Waals surface area contributed by atoms with Gasteiger partial charge in [0.15, 0.2) is 0 Å². The molecule has 1 aromatic carbocycles. The normalized spacial score (nSPS) is 28.5. The molecule has 2 aliphatic rings. The molecule has 3 atom stereocenters. The number of hydrogen-bond acceptors (Lipinski definition) is 2. The van der Waals surface area contributed by atoms with Crippen molar-refractivity contribution in [1.82, 2.24) is 0 Å². The number of halogens is 1. The molecule has 1 aromatic rings. The quantitative estimate of drug-likeness (QED) is 0.871. The first-order valence-electron chi connectivity index (χ1n) is 6.95. The number of nitrogens with zero attached hydrogens (tertiary/aromatic N) is 1. The summed E-state index contributed by atoms with van der Waals surface area (Å²) in [6, 6.07) is 5.08. The second-order valence-corrected chi connectivity index (χ2v) is 5.82. The van der Waals surface area contributed by atoms with Crippen LogP contribution >= 0.6 is 0 Å². The highest BCUT2D eigenvalue weighted by atomic mass is 19.1. The van der Waals surface area contributed by atoms with E-state index in [0.717, 1.165) is 30.6 Å². The minimum Gasteiger partial charge on any atom is -0.371 e. The Balaban J connectivity index is 1.91. The van der Waals surface area contributed by atoms with Gasteiger partial charge in [-0.05, 0) is 43.7 Å². The highest BCUT2D eigenvalue weighted by Gasteiger charge is 2.37. The molecule has 98 valence electrons. The predicted octanol–water partition coefficient (Wildman–Crippen LogP) is 3.08. The van der Waals surface area contributed by atoms with E-state index in [1.165, 1.54) is 25.3 Å². The van der Waals surface area contributed by atoms with Crippen LogP contribution in [0.4, 0.5) is 10.1 Å². The highest BCUT2D eigenvalue weighted by Crippen LogP contribution is 2.41. The number of fused-ring (bicyclic) bond motifs is 1. The lowest BCUT2D eigenvalue weighted by atomic mass is 10.0. The third kappa shape index (κ3) is 1.91. The number of benzene rings is 1. The Morgan fingerprint density at radius 2 is 1.94 bits per heavy atom. The van der Waals surface area contributed by atoms with E-state index in [0.29, 0.717) is 5.56 Å². The van der Waals surface area contributed by atoms with Crippen molar-refractivity contribution in [1.29, 1.82) is 0 Å². The monoisotopic (exact) mass is 248 g/mol. The van der Waals surface area contributed by atoms with Gasteiger partial charge in [-0.15, -0.1) is 0 Å². The molecule has 1 aliphatic carbocycles. The molecule has 0 amide bonds. The minimum absolute atomic E-state index is 0.167.